The lowest BCUT2D eigenvalue weighted by atomic mass is 9.74. The fraction of sp³-hybridized carbons (Fsp3) is 1.00. The van der Waals surface area contributed by atoms with Crippen LogP contribution in [0.5, 0.6) is 0 Å². The Morgan fingerprint density at radius 2 is 1.64 bits per heavy atom. The summed E-state index contributed by atoms with van der Waals surface area (Å²) in [7, 11) is 0. The Morgan fingerprint density at radius 1 is 1.00 bits per heavy atom. The molecule has 0 atom stereocenters. The Balaban J connectivity index is 2.42. The Hall–Kier alpha value is 0.960. The molecule has 0 saturated heterocycles. The van der Waals surface area contributed by atoms with Crippen molar-refractivity contribution in [3.05, 3.63) is 0 Å². The van der Waals surface area contributed by atoms with Crippen LogP contribution in [0.1, 0.15) is 38.5 Å². The molecule has 0 unspecified atom stereocenters. The first-order valence-electron chi connectivity index (χ1n) is 4.45. The summed E-state index contributed by atoms with van der Waals surface area (Å²) in [4.78, 5) is 0. The molecule has 11 heavy (non-hydrogen) atoms. The van der Waals surface area contributed by atoms with Crippen LogP contribution in [0.3, 0.4) is 0 Å². The fourth-order valence-electron chi connectivity index (χ4n) is 1.95. The molecule has 1 saturated carbocycles. The molecule has 0 aromatic rings. The van der Waals surface area contributed by atoms with Gasteiger partial charge in [-0.2, -0.15) is 0 Å². The second kappa shape index (κ2) is 4.86. The summed E-state index contributed by atoms with van der Waals surface area (Å²) in [5.41, 5.74) is 0.641. The van der Waals surface area contributed by atoms with E-state index in [2.05, 4.69) is 31.9 Å². The van der Waals surface area contributed by atoms with Crippen LogP contribution in [0.25, 0.3) is 0 Å². The zero-order chi connectivity index (χ0) is 8.16. The van der Waals surface area contributed by atoms with E-state index in [0.29, 0.717) is 5.41 Å². The van der Waals surface area contributed by atoms with Crippen LogP contribution in [0.15, 0.2) is 0 Å². The van der Waals surface area contributed by atoms with Crippen molar-refractivity contribution in [3.63, 3.8) is 0 Å². The van der Waals surface area contributed by atoms with Gasteiger partial charge in [-0.15, -0.1) is 0 Å². The van der Waals surface area contributed by atoms with Crippen LogP contribution < -0.4 is 0 Å². The van der Waals surface area contributed by atoms with Crippen molar-refractivity contribution in [2.75, 3.05) is 10.7 Å². The summed E-state index contributed by atoms with van der Waals surface area (Å²) in [5, 5.41) is 2.37. The van der Waals surface area contributed by atoms with Gasteiger partial charge >= 0.3 is 0 Å². The smallest absolute Gasteiger partial charge is 0.00882 e. The lowest BCUT2D eigenvalue weighted by molar-refractivity contribution is 0.219. The maximum absolute atomic E-state index is 3.65. The minimum absolute atomic E-state index is 0.641. The molecule has 1 aliphatic rings. The van der Waals surface area contributed by atoms with Crippen LogP contribution in [0, 0.1) is 5.41 Å². The lowest BCUT2D eigenvalue weighted by Crippen LogP contribution is -2.26. The first-order chi connectivity index (χ1) is 5.33. The van der Waals surface area contributed by atoms with Gasteiger partial charge in [-0.3, -0.25) is 0 Å². The highest BCUT2D eigenvalue weighted by Gasteiger charge is 2.29. The molecule has 0 nitrogen and oxygen atoms in total. The van der Waals surface area contributed by atoms with Gasteiger partial charge in [-0.1, -0.05) is 51.1 Å². The Bertz CT molecular complexity index is 101. The SMILES string of the molecule is BrCCC1(CBr)CCCCC1. The Labute approximate surface area is 86.4 Å². The molecular formula is C9H16Br2. The second-order valence-electron chi connectivity index (χ2n) is 3.63. The molecule has 0 N–H and O–H groups in total. The predicted octanol–water partition coefficient (Wildman–Crippen LogP) is 4.12. The van der Waals surface area contributed by atoms with Crippen molar-refractivity contribution >= 4 is 31.9 Å². The molecule has 1 fully saturated rings. The monoisotopic (exact) mass is 282 g/mol. The van der Waals surface area contributed by atoms with Crippen molar-refractivity contribution in [1.82, 2.24) is 0 Å². The molecule has 0 spiro atoms. The zero-order valence-electron chi connectivity index (χ0n) is 6.91. The van der Waals surface area contributed by atoms with Crippen molar-refractivity contribution in [2.45, 2.75) is 38.5 Å². The third-order valence-corrected chi connectivity index (χ3v) is 4.41. The van der Waals surface area contributed by atoms with Crippen molar-refractivity contribution in [2.24, 2.45) is 5.41 Å². The maximum atomic E-state index is 3.65. The number of alkyl halides is 2. The van der Waals surface area contributed by atoms with Gasteiger partial charge in [0.2, 0.25) is 0 Å². The molecule has 0 aromatic carbocycles. The van der Waals surface area contributed by atoms with Crippen LogP contribution in [0.4, 0.5) is 0 Å². The Kier molecular flexibility index (Phi) is 4.44. The van der Waals surface area contributed by atoms with E-state index in [9.17, 15) is 0 Å². The molecular weight excluding hydrogens is 268 g/mol. The van der Waals surface area contributed by atoms with E-state index < -0.39 is 0 Å². The van der Waals surface area contributed by atoms with E-state index in [1.807, 2.05) is 0 Å². The van der Waals surface area contributed by atoms with E-state index in [4.69, 9.17) is 0 Å². The quantitative estimate of drug-likeness (QED) is 0.684. The van der Waals surface area contributed by atoms with E-state index in [1.165, 1.54) is 49.2 Å². The van der Waals surface area contributed by atoms with E-state index in [0.717, 1.165) is 0 Å². The summed E-state index contributed by atoms with van der Waals surface area (Å²) >= 11 is 7.19. The van der Waals surface area contributed by atoms with Crippen molar-refractivity contribution in [3.8, 4) is 0 Å². The van der Waals surface area contributed by atoms with Gasteiger partial charge in [0.15, 0.2) is 0 Å². The number of halogens is 2. The first-order valence-corrected chi connectivity index (χ1v) is 6.69. The standard InChI is InChI=1S/C9H16Br2/c10-7-6-9(8-11)4-2-1-3-5-9/h1-8H2. The molecule has 0 heterocycles. The molecule has 0 aromatic heterocycles. The third-order valence-electron chi connectivity index (χ3n) is 2.82. The maximum Gasteiger partial charge on any atom is 0.00882 e. The summed E-state index contributed by atoms with van der Waals surface area (Å²) in [6.07, 6.45) is 8.56. The lowest BCUT2D eigenvalue weighted by Gasteiger charge is -2.35. The highest BCUT2D eigenvalue weighted by atomic mass is 79.9. The fourth-order valence-corrected chi connectivity index (χ4v) is 3.63. The van der Waals surface area contributed by atoms with E-state index >= 15 is 0 Å². The molecule has 0 bridgehead atoms. The van der Waals surface area contributed by atoms with Gasteiger partial charge in [0.25, 0.3) is 0 Å². The van der Waals surface area contributed by atoms with Gasteiger partial charge in [-0.05, 0) is 24.7 Å². The van der Waals surface area contributed by atoms with Crippen molar-refractivity contribution in [1.29, 1.82) is 0 Å². The first kappa shape index (κ1) is 10.0. The van der Waals surface area contributed by atoms with Gasteiger partial charge in [-0.25, -0.2) is 0 Å². The van der Waals surface area contributed by atoms with Crippen molar-refractivity contribution < 1.29 is 0 Å². The average Bonchev–Trinajstić information content (AvgIpc) is 2.07. The van der Waals surface area contributed by atoms with Gasteiger partial charge in [0.05, 0.1) is 0 Å². The molecule has 0 aliphatic heterocycles. The van der Waals surface area contributed by atoms with Crippen LogP contribution in [0.2, 0.25) is 0 Å². The van der Waals surface area contributed by atoms with Crippen LogP contribution in [-0.4, -0.2) is 10.7 Å². The topological polar surface area (TPSA) is 0 Å². The largest absolute Gasteiger partial charge is 0.0928 e. The normalized spacial score (nSPS) is 23.5. The number of hydrogen-bond acceptors (Lipinski definition) is 0. The molecule has 1 aliphatic carbocycles. The molecule has 66 valence electrons. The minimum atomic E-state index is 0.641. The molecule has 0 amide bonds. The average molecular weight is 284 g/mol. The highest BCUT2D eigenvalue weighted by molar-refractivity contribution is 9.09. The zero-order valence-corrected chi connectivity index (χ0v) is 10.1. The highest BCUT2D eigenvalue weighted by Crippen LogP contribution is 2.40. The number of hydrogen-bond donors (Lipinski definition) is 0. The van der Waals surface area contributed by atoms with Gasteiger partial charge < -0.3 is 0 Å². The summed E-state index contributed by atoms with van der Waals surface area (Å²) < 4.78 is 0. The molecule has 0 radical (unpaired) electrons. The third kappa shape index (κ3) is 2.73. The van der Waals surface area contributed by atoms with Gasteiger partial charge in [0, 0.05) is 10.7 Å². The minimum Gasteiger partial charge on any atom is -0.0928 e. The summed E-state index contributed by atoms with van der Waals surface area (Å²) in [5.74, 6) is 0. The van der Waals surface area contributed by atoms with E-state index in [-0.39, 0.29) is 0 Å². The summed E-state index contributed by atoms with van der Waals surface area (Å²) in [6, 6.07) is 0. The second-order valence-corrected chi connectivity index (χ2v) is 4.99. The number of rotatable bonds is 3. The van der Waals surface area contributed by atoms with Crippen LogP contribution in [-0.2, 0) is 0 Å². The molecule has 2 heteroatoms. The van der Waals surface area contributed by atoms with Crippen LogP contribution >= 0.6 is 31.9 Å². The Morgan fingerprint density at radius 3 is 2.09 bits per heavy atom. The molecule has 1 rings (SSSR count). The summed E-state index contributed by atoms with van der Waals surface area (Å²) in [6.45, 7) is 0. The van der Waals surface area contributed by atoms with Gasteiger partial charge in [0.1, 0.15) is 0 Å². The van der Waals surface area contributed by atoms with E-state index in [1.54, 1.807) is 0 Å². The predicted molar refractivity (Wildman–Crippen MR) is 57.7 cm³/mol.